The molecule has 7 heteroatoms. The second-order valence-corrected chi connectivity index (χ2v) is 8.97. The highest BCUT2D eigenvalue weighted by atomic mass is 79.9. The molecule has 0 N–H and O–H groups in total. The van der Waals surface area contributed by atoms with Crippen LogP contribution in [0.5, 0.6) is 0 Å². The predicted molar refractivity (Wildman–Crippen MR) is 121 cm³/mol. The van der Waals surface area contributed by atoms with Gasteiger partial charge in [0.1, 0.15) is 11.5 Å². The monoisotopic (exact) mass is 459 g/mol. The van der Waals surface area contributed by atoms with Gasteiger partial charge in [0.05, 0.1) is 0 Å². The summed E-state index contributed by atoms with van der Waals surface area (Å²) >= 11 is 3.41. The number of hydrogen-bond donors (Lipinski definition) is 0. The third-order valence-corrected chi connectivity index (χ3v) is 6.54. The second-order valence-electron chi connectivity index (χ2n) is 8.05. The molecule has 0 amide bonds. The highest BCUT2D eigenvalue weighted by Gasteiger charge is 2.27. The number of anilines is 1. The minimum Gasteiger partial charge on any atom is -0.354 e. The van der Waals surface area contributed by atoms with E-state index in [1.165, 1.54) is 25.9 Å². The van der Waals surface area contributed by atoms with Gasteiger partial charge in [-0.1, -0.05) is 6.07 Å². The van der Waals surface area contributed by atoms with Crippen molar-refractivity contribution in [3.05, 3.63) is 51.9 Å². The van der Waals surface area contributed by atoms with Crippen molar-refractivity contribution in [1.29, 1.82) is 0 Å². The van der Waals surface area contributed by atoms with E-state index in [-0.39, 0.29) is 7.21 Å². The molecule has 0 spiro atoms. The molecular weight excluding hydrogens is 430 g/mol. The number of hydrogen-bond acceptors (Lipinski definition) is 6. The van der Waals surface area contributed by atoms with E-state index in [1.807, 2.05) is 25.1 Å². The van der Waals surface area contributed by atoms with Crippen molar-refractivity contribution in [3.8, 4) is 0 Å². The SMILES string of the molecule is Cc1ncc(Br)cc1C(=O)c1cccc(N2CCN(C3CCN(C)CC3)CC2)n1.[HH]. The van der Waals surface area contributed by atoms with Crippen molar-refractivity contribution in [1.82, 2.24) is 19.8 Å². The quantitative estimate of drug-likeness (QED) is 0.654. The van der Waals surface area contributed by atoms with Gasteiger partial charge in [-0.05, 0) is 74.0 Å². The van der Waals surface area contributed by atoms with E-state index in [0.29, 0.717) is 17.3 Å². The summed E-state index contributed by atoms with van der Waals surface area (Å²) in [4.78, 5) is 29.3. The zero-order chi connectivity index (χ0) is 20.4. The third-order valence-electron chi connectivity index (χ3n) is 6.11. The second kappa shape index (κ2) is 8.90. The van der Waals surface area contributed by atoms with Gasteiger partial charge >= 0.3 is 0 Å². The number of halogens is 1. The van der Waals surface area contributed by atoms with Gasteiger partial charge in [-0.15, -0.1) is 0 Å². The Morgan fingerprint density at radius 3 is 2.59 bits per heavy atom. The summed E-state index contributed by atoms with van der Waals surface area (Å²) in [6.45, 7) is 8.27. The standard InChI is InChI=1S/C22H28BrN5O.H2/c1-16-19(14-17(23)15-24-16)22(29)20-4-3-5-21(25-20)28-12-10-27(11-13-28)18-6-8-26(2)9-7-18;/h3-5,14-15,18H,6-13H2,1-2H3;1H. The van der Waals surface area contributed by atoms with Crippen molar-refractivity contribution in [3.63, 3.8) is 0 Å². The van der Waals surface area contributed by atoms with Crippen molar-refractivity contribution in [2.75, 3.05) is 51.2 Å². The number of aromatic nitrogens is 2. The number of rotatable bonds is 4. The van der Waals surface area contributed by atoms with E-state index in [2.05, 4.69) is 42.7 Å². The average Bonchev–Trinajstić information content (AvgIpc) is 2.76. The smallest absolute Gasteiger partial charge is 0.213 e. The maximum atomic E-state index is 13.0. The molecule has 4 rings (SSSR count). The summed E-state index contributed by atoms with van der Waals surface area (Å²) in [5.74, 6) is 0.808. The van der Waals surface area contributed by atoms with Crippen LogP contribution in [0.3, 0.4) is 0 Å². The molecule has 0 unspecified atom stereocenters. The number of pyridine rings is 2. The van der Waals surface area contributed by atoms with Gasteiger partial charge in [-0.2, -0.15) is 0 Å². The fraction of sp³-hybridized carbons (Fsp3) is 0.500. The van der Waals surface area contributed by atoms with Crippen LogP contribution in [0.2, 0.25) is 0 Å². The summed E-state index contributed by atoms with van der Waals surface area (Å²) in [7, 11) is 2.21. The van der Waals surface area contributed by atoms with E-state index in [4.69, 9.17) is 4.98 Å². The molecule has 0 aromatic carbocycles. The minimum atomic E-state index is -0.0805. The van der Waals surface area contributed by atoms with Gasteiger partial charge in [0.15, 0.2) is 0 Å². The lowest BCUT2D eigenvalue weighted by molar-refractivity contribution is 0.103. The van der Waals surface area contributed by atoms with Crippen LogP contribution < -0.4 is 4.90 Å². The third kappa shape index (κ3) is 4.68. The van der Waals surface area contributed by atoms with Crippen molar-refractivity contribution in [2.45, 2.75) is 25.8 Å². The van der Waals surface area contributed by atoms with E-state index in [0.717, 1.165) is 42.2 Å². The number of carbonyl (C=O) groups is 1. The molecule has 2 aromatic rings. The van der Waals surface area contributed by atoms with Crippen molar-refractivity contribution in [2.24, 2.45) is 0 Å². The number of nitrogens with zero attached hydrogens (tertiary/aromatic N) is 5. The van der Waals surface area contributed by atoms with Gasteiger partial charge in [-0.3, -0.25) is 14.7 Å². The first kappa shape index (κ1) is 20.4. The Bertz CT molecular complexity index is 880. The molecule has 6 nitrogen and oxygen atoms in total. The van der Waals surface area contributed by atoms with Crippen LogP contribution in [0, 0.1) is 6.92 Å². The Labute approximate surface area is 182 Å². The van der Waals surface area contributed by atoms with E-state index in [1.54, 1.807) is 12.3 Å². The Hall–Kier alpha value is -1.83. The Kier molecular flexibility index (Phi) is 6.27. The van der Waals surface area contributed by atoms with Crippen LogP contribution in [0.4, 0.5) is 5.82 Å². The van der Waals surface area contributed by atoms with Gasteiger partial charge in [-0.25, -0.2) is 4.98 Å². The molecule has 0 radical (unpaired) electrons. The number of aryl methyl sites for hydroxylation is 1. The van der Waals surface area contributed by atoms with Crippen LogP contribution >= 0.6 is 15.9 Å². The Morgan fingerprint density at radius 2 is 1.86 bits per heavy atom. The average molecular weight is 460 g/mol. The van der Waals surface area contributed by atoms with E-state index < -0.39 is 0 Å². The van der Waals surface area contributed by atoms with Gasteiger partial charge in [0, 0.05) is 55.6 Å². The highest BCUT2D eigenvalue weighted by molar-refractivity contribution is 9.10. The molecule has 29 heavy (non-hydrogen) atoms. The van der Waals surface area contributed by atoms with Crippen LogP contribution in [0.25, 0.3) is 0 Å². The molecule has 4 heterocycles. The van der Waals surface area contributed by atoms with E-state index >= 15 is 0 Å². The molecular formula is C22H30BrN5O. The minimum absolute atomic E-state index is 0. The molecule has 0 saturated carbocycles. The molecule has 2 aromatic heterocycles. The number of piperazine rings is 1. The predicted octanol–water partition coefficient (Wildman–Crippen LogP) is 3.24. The number of piperidine rings is 1. The summed E-state index contributed by atoms with van der Waals surface area (Å²) < 4.78 is 0.799. The van der Waals surface area contributed by atoms with Crippen LogP contribution in [-0.2, 0) is 0 Å². The zero-order valence-corrected chi connectivity index (χ0v) is 18.7. The van der Waals surface area contributed by atoms with Crippen molar-refractivity contribution >= 4 is 27.5 Å². The van der Waals surface area contributed by atoms with Crippen LogP contribution in [-0.4, -0.2) is 77.9 Å². The molecule has 0 atom stereocenters. The van der Waals surface area contributed by atoms with Gasteiger partial charge in [0.25, 0.3) is 0 Å². The van der Waals surface area contributed by atoms with Gasteiger partial charge < -0.3 is 9.80 Å². The number of carbonyl (C=O) groups excluding carboxylic acids is 1. The number of ketones is 1. The Balaban J connectivity index is 0.00000256. The topological polar surface area (TPSA) is 52.6 Å². The zero-order valence-electron chi connectivity index (χ0n) is 17.1. The summed E-state index contributed by atoms with van der Waals surface area (Å²) in [6.07, 6.45) is 4.23. The normalized spacial score (nSPS) is 19.5. The van der Waals surface area contributed by atoms with Crippen molar-refractivity contribution < 1.29 is 6.22 Å². The summed E-state index contributed by atoms with van der Waals surface area (Å²) in [6, 6.07) is 8.26. The summed E-state index contributed by atoms with van der Waals surface area (Å²) in [5.41, 5.74) is 1.79. The first-order valence-corrected chi connectivity index (χ1v) is 11.1. The highest BCUT2D eigenvalue weighted by Crippen LogP contribution is 2.22. The first-order valence-electron chi connectivity index (χ1n) is 10.3. The summed E-state index contributed by atoms with van der Waals surface area (Å²) in [5, 5.41) is 0. The maximum Gasteiger partial charge on any atom is 0.213 e. The molecule has 156 valence electrons. The lowest BCUT2D eigenvalue weighted by Crippen LogP contribution is -2.53. The van der Waals surface area contributed by atoms with Gasteiger partial charge in [0.2, 0.25) is 5.78 Å². The largest absolute Gasteiger partial charge is 0.354 e. The lowest BCUT2D eigenvalue weighted by Gasteiger charge is -2.42. The van der Waals surface area contributed by atoms with Crippen LogP contribution in [0.1, 0.15) is 36.0 Å². The molecule has 2 aliphatic rings. The fourth-order valence-corrected chi connectivity index (χ4v) is 4.61. The molecule has 0 bridgehead atoms. The lowest BCUT2D eigenvalue weighted by atomic mass is 10.0. The molecule has 2 saturated heterocycles. The molecule has 2 aliphatic heterocycles. The molecule has 2 fully saturated rings. The van der Waals surface area contributed by atoms with E-state index in [9.17, 15) is 4.79 Å². The van der Waals surface area contributed by atoms with Crippen LogP contribution in [0.15, 0.2) is 34.9 Å². The molecule has 0 aliphatic carbocycles. The maximum absolute atomic E-state index is 13.0. The first-order chi connectivity index (χ1) is 14.0. The fourth-order valence-electron chi connectivity index (χ4n) is 4.28. The number of likely N-dealkylation sites (tertiary alicyclic amines) is 1. The Morgan fingerprint density at radius 1 is 1.14 bits per heavy atom.